The van der Waals surface area contributed by atoms with Crippen molar-refractivity contribution in [2.75, 3.05) is 25.3 Å². The average molecular weight is 391 g/mol. The lowest BCUT2D eigenvalue weighted by molar-refractivity contribution is -0.120. The second-order valence-electron chi connectivity index (χ2n) is 5.51. The molecule has 0 spiro atoms. The number of ether oxygens (including phenoxy) is 2. The van der Waals surface area contributed by atoms with Crippen LogP contribution in [0.1, 0.15) is 18.2 Å². The molecule has 0 fully saturated rings. The fraction of sp³-hybridized carbons (Fsp3) is 0.294. The number of nitrogens with one attached hydrogen (secondary N) is 2. The lowest BCUT2D eigenvalue weighted by Crippen LogP contribution is -2.22. The number of methoxy groups -OCH3 is 2. The zero-order chi connectivity index (χ0) is 19.8. The molecule has 0 saturated heterocycles. The van der Waals surface area contributed by atoms with E-state index in [1.54, 1.807) is 38.4 Å². The number of anilines is 2. The van der Waals surface area contributed by atoms with Crippen LogP contribution in [0.2, 0.25) is 0 Å². The number of hydrogen-bond donors (Lipinski definition) is 3. The van der Waals surface area contributed by atoms with E-state index in [0.29, 0.717) is 28.0 Å². The number of nitrogens with zero attached hydrogens (tertiary/aromatic N) is 2. The van der Waals surface area contributed by atoms with Crippen molar-refractivity contribution in [2.45, 2.75) is 19.8 Å². The van der Waals surface area contributed by atoms with E-state index in [9.17, 15) is 9.59 Å². The highest BCUT2D eigenvalue weighted by Gasteiger charge is 2.11. The molecule has 0 aliphatic rings. The van der Waals surface area contributed by atoms with Crippen LogP contribution in [0.15, 0.2) is 29.5 Å². The molecular formula is C17H21N5O4S. The van der Waals surface area contributed by atoms with Gasteiger partial charge >= 0.3 is 0 Å². The number of nitrogens with two attached hydrogens (primary N) is 1. The summed E-state index contributed by atoms with van der Waals surface area (Å²) in [7, 11) is 3.05. The normalized spacial score (nSPS) is 11.0. The summed E-state index contributed by atoms with van der Waals surface area (Å²) in [6.45, 7) is 1.65. The third-order valence-corrected chi connectivity index (χ3v) is 4.20. The Labute approximate surface area is 160 Å². The van der Waals surface area contributed by atoms with Gasteiger partial charge in [0.1, 0.15) is 11.5 Å². The lowest BCUT2D eigenvalue weighted by atomic mass is 10.2. The molecule has 2 amide bonds. The Balaban J connectivity index is 1.87. The first kappa shape index (κ1) is 20.2. The van der Waals surface area contributed by atoms with E-state index in [1.165, 1.54) is 18.4 Å². The molecule has 2 rings (SSSR count). The molecular weight excluding hydrogens is 370 g/mol. The second-order valence-corrected chi connectivity index (χ2v) is 6.66. The molecule has 10 heteroatoms. The van der Waals surface area contributed by atoms with Crippen molar-refractivity contribution in [2.24, 2.45) is 5.10 Å². The summed E-state index contributed by atoms with van der Waals surface area (Å²) < 4.78 is 10.4. The Morgan fingerprint density at radius 3 is 2.67 bits per heavy atom. The highest BCUT2D eigenvalue weighted by atomic mass is 32.1. The van der Waals surface area contributed by atoms with Crippen molar-refractivity contribution < 1.29 is 19.1 Å². The van der Waals surface area contributed by atoms with Crippen LogP contribution < -0.4 is 25.9 Å². The summed E-state index contributed by atoms with van der Waals surface area (Å²) in [4.78, 5) is 28.6. The zero-order valence-corrected chi connectivity index (χ0v) is 16.1. The summed E-state index contributed by atoms with van der Waals surface area (Å²) in [6, 6.07) is 5.07. The SMILES string of the molecule is COc1ccc(NC(=O)C/C(C)=N/NC(=O)Cc2cnc(N)s2)c(OC)c1. The predicted octanol–water partition coefficient (Wildman–Crippen LogP) is 1.81. The van der Waals surface area contributed by atoms with Crippen molar-refractivity contribution in [1.29, 1.82) is 0 Å². The van der Waals surface area contributed by atoms with Crippen LogP contribution in [0, 0.1) is 0 Å². The van der Waals surface area contributed by atoms with Gasteiger partial charge in [0.2, 0.25) is 11.8 Å². The minimum absolute atomic E-state index is 0.0168. The Morgan fingerprint density at radius 1 is 1.26 bits per heavy atom. The van der Waals surface area contributed by atoms with E-state index in [-0.39, 0.29) is 24.7 Å². The van der Waals surface area contributed by atoms with Crippen molar-refractivity contribution in [1.82, 2.24) is 10.4 Å². The number of amides is 2. The molecule has 4 N–H and O–H groups in total. The lowest BCUT2D eigenvalue weighted by Gasteiger charge is -2.11. The van der Waals surface area contributed by atoms with Crippen LogP contribution >= 0.6 is 11.3 Å². The standard InChI is InChI=1S/C17H21N5O4S/c1-10(21-22-16(24)8-12-9-19-17(18)27-12)6-15(23)20-13-5-4-11(25-2)7-14(13)26-3/h4-5,7,9H,6,8H2,1-3H3,(H2,18,19)(H,20,23)(H,22,24)/b21-10+. The number of hydrogen-bond acceptors (Lipinski definition) is 8. The first-order valence-corrected chi connectivity index (χ1v) is 8.77. The Bertz CT molecular complexity index is 850. The molecule has 0 aliphatic carbocycles. The maximum atomic E-state index is 12.2. The Morgan fingerprint density at radius 2 is 2.04 bits per heavy atom. The fourth-order valence-electron chi connectivity index (χ4n) is 2.13. The van der Waals surface area contributed by atoms with Gasteiger partial charge in [-0.15, -0.1) is 11.3 Å². The highest BCUT2D eigenvalue weighted by molar-refractivity contribution is 7.15. The number of nitrogen functional groups attached to an aromatic ring is 1. The van der Waals surface area contributed by atoms with Gasteiger partial charge in [-0.05, 0) is 19.1 Å². The molecule has 0 saturated carbocycles. The van der Waals surface area contributed by atoms with Gasteiger partial charge < -0.3 is 20.5 Å². The number of carbonyl (C=O) groups is 2. The Kier molecular flexibility index (Phi) is 7.12. The van der Waals surface area contributed by atoms with Gasteiger partial charge in [-0.1, -0.05) is 0 Å². The Hall–Kier alpha value is -3.14. The van der Waals surface area contributed by atoms with Crippen LogP contribution in [0.3, 0.4) is 0 Å². The van der Waals surface area contributed by atoms with E-state index in [2.05, 4.69) is 20.8 Å². The summed E-state index contributed by atoms with van der Waals surface area (Å²) in [5.41, 5.74) is 8.90. The summed E-state index contributed by atoms with van der Waals surface area (Å²) in [6.07, 6.45) is 1.69. The quantitative estimate of drug-likeness (QED) is 0.465. The first-order valence-electron chi connectivity index (χ1n) is 7.95. The van der Waals surface area contributed by atoms with Crippen molar-refractivity contribution in [3.05, 3.63) is 29.3 Å². The number of rotatable bonds is 8. The number of hydrazone groups is 1. The molecule has 0 bridgehead atoms. The molecule has 2 aromatic rings. The van der Waals surface area contributed by atoms with Crippen LogP contribution in [0.4, 0.5) is 10.8 Å². The van der Waals surface area contributed by atoms with Crippen LogP contribution in [-0.4, -0.2) is 36.7 Å². The van der Waals surface area contributed by atoms with E-state index in [1.807, 2.05) is 0 Å². The summed E-state index contributed by atoms with van der Waals surface area (Å²) >= 11 is 1.24. The first-order chi connectivity index (χ1) is 12.9. The molecule has 0 unspecified atom stereocenters. The molecule has 27 heavy (non-hydrogen) atoms. The van der Waals surface area contributed by atoms with E-state index < -0.39 is 0 Å². The number of thiazole rings is 1. The maximum absolute atomic E-state index is 12.2. The van der Waals surface area contributed by atoms with Gasteiger partial charge in [0.05, 0.1) is 32.7 Å². The molecule has 0 radical (unpaired) electrons. The molecule has 0 aliphatic heterocycles. The fourth-order valence-corrected chi connectivity index (χ4v) is 2.81. The van der Waals surface area contributed by atoms with Gasteiger partial charge in [0, 0.05) is 22.9 Å². The van der Waals surface area contributed by atoms with E-state index in [4.69, 9.17) is 15.2 Å². The topological polar surface area (TPSA) is 128 Å². The molecule has 1 aromatic heterocycles. The van der Waals surface area contributed by atoms with Gasteiger partial charge in [-0.2, -0.15) is 5.10 Å². The van der Waals surface area contributed by atoms with Crippen LogP contribution in [-0.2, 0) is 16.0 Å². The van der Waals surface area contributed by atoms with Crippen LogP contribution in [0.25, 0.3) is 0 Å². The van der Waals surface area contributed by atoms with E-state index in [0.717, 1.165) is 4.88 Å². The van der Waals surface area contributed by atoms with Crippen LogP contribution in [0.5, 0.6) is 11.5 Å². The number of aromatic nitrogens is 1. The smallest absolute Gasteiger partial charge is 0.245 e. The second kappa shape index (κ2) is 9.53. The number of carbonyl (C=O) groups excluding carboxylic acids is 2. The highest BCUT2D eigenvalue weighted by Crippen LogP contribution is 2.29. The minimum atomic E-state index is -0.310. The maximum Gasteiger partial charge on any atom is 0.245 e. The van der Waals surface area contributed by atoms with Crippen molar-refractivity contribution >= 4 is 39.7 Å². The van der Waals surface area contributed by atoms with Gasteiger partial charge in [-0.3, -0.25) is 9.59 Å². The molecule has 0 atom stereocenters. The number of benzene rings is 1. The van der Waals surface area contributed by atoms with Crippen molar-refractivity contribution in [3.63, 3.8) is 0 Å². The third-order valence-electron chi connectivity index (χ3n) is 3.38. The zero-order valence-electron chi connectivity index (χ0n) is 15.2. The average Bonchev–Trinajstić information content (AvgIpc) is 3.04. The molecule has 1 aromatic carbocycles. The molecule has 144 valence electrons. The van der Waals surface area contributed by atoms with Gasteiger partial charge in [0.15, 0.2) is 5.13 Å². The summed E-state index contributed by atoms with van der Waals surface area (Å²) in [5, 5.41) is 7.08. The van der Waals surface area contributed by atoms with E-state index >= 15 is 0 Å². The van der Waals surface area contributed by atoms with Gasteiger partial charge in [-0.25, -0.2) is 10.4 Å². The molecule has 1 heterocycles. The van der Waals surface area contributed by atoms with Gasteiger partial charge in [0.25, 0.3) is 0 Å². The van der Waals surface area contributed by atoms with Crippen molar-refractivity contribution in [3.8, 4) is 11.5 Å². The molecule has 9 nitrogen and oxygen atoms in total. The monoisotopic (exact) mass is 391 g/mol. The minimum Gasteiger partial charge on any atom is -0.497 e. The third kappa shape index (κ3) is 6.26. The predicted molar refractivity (Wildman–Crippen MR) is 104 cm³/mol. The largest absolute Gasteiger partial charge is 0.497 e. The summed E-state index contributed by atoms with van der Waals surface area (Å²) in [5.74, 6) is 0.502.